The Hall–Kier alpha value is -2.21. The number of hydrogen-bond donors (Lipinski definition) is 1. The summed E-state index contributed by atoms with van der Waals surface area (Å²) >= 11 is 0. The molecule has 4 rings (SSSR count). The van der Waals surface area contributed by atoms with Crippen molar-refractivity contribution in [2.24, 2.45) is 11.8 Å². The largest absolute Gasteiger partial charge is 0.481 e. The number of fused-ring (bicyclic) bond motifs is 1. The van der Waals surface area contributed by atoms with Crippen LogP contribution < -0.4 is 0 Å². The van der Waals surface area contributed by atoms with Crippen LogP contribution in [-0.4, -0.2) is 45.1 Å². The van der Waals surface area contributed by atoms with Gasteiger partial charge >= 0.3 is 5.97 Å². The topological polar surface area (TPSA) is 79.7 Å². The van der Waals surface area contributed by atoms with Gasteiger partial charge in [-0.3, -0.25) is 14.6 Å². The molecule has 3 aliphatic heterocycles. The molecule has 4 heterocycles. The van der Waals surface area contributed by atoms with Crippen LogP contribution in [0.15, 0.2) is 36.7 Å². The number of likely N-dealkylation sites (tertiary alicyclic amines) is 1. The van der Waals surface area contributed by atoms with Crippen LogP contribution in [0.3, 0.4) is 0 Å². The lowest BCUT2D eigenvalue weighted by molar-refractivity contribution is -0.148. The highest BCUT2D eigenvalue weighted by molar-refractivity contribution is 5.90. The van der Waals surface area contributed by atoms with E-state index in [2.05, 4.69) is 4.98 Å². The van der Waals surface area contributed by atoms with E-state index in [1.54, 1.807) is 23.4 Å². The second-order valence-electron chi connectivity index (χ2n) is 5.79. The van der Waals surface area contributed by atoms with Gasteiger partial charge in [0.25, 0.3) is 0 Å². The lowest BCUT2D eigenvalue weighted by atomic mass is 9.77. The molecule has 0 unspecified atom stereocenters. The third kappa shape index (κ3) is 1.65. The molecule has 0 aromatic carbocycles. The molecule has 6 nitrogen and oxygen atoms in total. The van der Waals surface area contributed by atoms with Crippen molar-refractivity contribution in [2.75, 3.05) is 6.54 Å². The Balaban J connectivity index is 1.63. The number of hydrogen-bond acceptors (Lipinski definition) is 4. The molecule has 0 saturated carbocycles. The summed E-state index contributed by atoms with van der Waals surface area (Å²) in [7, 11) is 0. The van der Waals surface area contributed by atoms with Gasteiger partial charge in [-0.05, 0) is 17.7 Å². The van der Waals surface area contributed by atoms with Crippen LogP contribution in [0.1, 0.15) is 5.56 Å². The molecule has 1 N–H and O–H groups in total. The number of pyridine rings is 1. The van der Waals surface area contributed by atoms with E-state index in [1.165, 1.54) is 0 Å². The molecule has 0 aliphatic carbocycles. The summed E-state index contributed by atoms with van der Waals surface area (Å²) in [6.45, 7) is 0.864. The number of aromatic nitrogens is 1. The van der Waals surface area contributed by atoms with Crippen molar-refractivity contribution in [3.05, 3.63) is 42.2 Å². The number of nitrogens with zero attached hydrogens (tertiary/aromatic N) is 2. The smallest absolute Gasteiger partial charge is 0.310 e. The lowest BCUT2D eigenvalue weighted by Gasteiger charge is -2.21. The molecule has 2 saturated heterocycles. The van der Waals surface area contributed by atoms with Gasteiger partial charge in [0.2, 0.25) is 5.91 Å². The summed E-state index contributed by atoms with van der Waals surface area (Å²) in [4.78, 5) is 29.7. The van der Waals surface area contributed by atoms with E-state index in [0.717, 1.165) is 5.56 Å². The van der Waals surface area contributed by atoms with Gasteiger partial charge in [-0.2, -0.15) is 0 Å². The second-order valence-corrected chi connectivity index (χ2v) is 5.79. The molecular formula is C15H14N2O4. The van der Waals surface area contributed by atoms with Crippen LogP contribution >= 0.6 is 0 Å². The third-order valence-electron chi connectivity index (χ3n) is 4.59. The number of aliphatic carboxylic acids is 1. The molecule has 1 amide bonds. The Morgan fingerprint density at radius 1 is 1.48 bits per heavy atom. The van der Waals surface area contributed by atoms with E-state index in [-0.39, 0.29) is 5.91 Å². The van der Waals surface area contributed by atoms with Gasteiger partial charge in [0.05, 0.1) is 18.6 Å². The normalized spacial score (nSPS) is 36.3. The third-order valence-corrected chi connectivity index (χ3v) is 4.59. The molecule has 21 heavy (non-hydrogen) atoms. The van der Waals surface area contributed by atoms with Crippen LogP contribution in [0.4, 0.5) is 0 Å². The van der Waals surface area contributed by atoms with Crippen molar-refractivity contribution in [1.82, 2.24) is 9.88 Å². The Labute approximate surface area is 121 Å². The number of carboxylic acids is 1. The van der Waals surface area contributed by atoms with Crippen LogP contribution in [-0.2, 0) is 20.9 Å². The van der Waals surface area contributed by atoms with Gasteiger partial charge in [0.15, 0.2) is 0 Å². The second kappa shape index (κ2) is 4.14. The van der Waals surface area contributed by atoms with E-state index in [1.807, 2.05) is 18.2 Å². The predicted molar refractivity (Wildman–Crippen MR) is 71.0 cm³/mol. The zero-order valence-electron chi connectivity index (χ0n) is 11.2. The quantitative estimate of drug-likeness (QED) is 0.816. The molecule has 2 bridgehead atoms. The van der Waals surface area contributed by atoms with Crippen LogP contribution in [0.25, 0.3) is 0 Å². The van der Waals surface area contributed by atoms with Gasteiger partial charge in [0, 0.05) is 18.9 Å². The maximum atomic E-state index is 12.6. The summed E-state index contributed by atoms with van der Waals surface area (Å²) in [6, 6.07) is 3.70. The molecule has 1 spiro atoms. The number of carbonyl (C=O) groups is 2. The van der Waals surface area contributed by atoms with E-state index in [4.69, 9.17) is 4.74 Å². The van der Waals surface area contributed by atoms with Crippen molar-refractivity contribution in [3.63, 3.8) is 0 Å². The molecule has 1 aromatic heterocycles. The molecule has 1 aromatic rings. The van der Waals surface area contributed by atoms with Crippen LogP contribution in [0, 0.1) is 11.8 Å². The lowest BCUT2D eigenvalue weighted by Crippen LogP contribution is -2.39. The first-order chi connectivity index (χ1) is 10.1. The Kier molecular flexibility index (Phi) is 2.47. The number of carboxylic acid groups (broad SMARTS) is 1. The first-order valence-electron chi connectivity index (χ1n) is 6.88. The number of rotatable bonds is 3. The summed E-state index contributed by atoms with van der Waals surface area (Å²) in [5.41, 5.74) is 0.220. The van der Waals surface area contributed by atoms with Gasteiger partial charge in [-0.1, -0.05) is 12.2 Å². The molecule has 3 aliphatic rings. The fourth-order valence-corrected chi connectivity index (χ4v) is 3.70. The van der Waals surface area contributed by atoms with E-state index in [0.29, 0.717) is 13.1 Å². The zero-order valence-corrected chi connectivity index (χ0v) is 11.2. The summed E-state index contributed by atoms with van der Waals surface area (Å²) in [5.74, 6) is -2.47. The molecule has 6 heteroatoms. The highest BCUT2D eigenvalue weighted by atomic mass is 16.5. The standard InChI is InChI=1S/C15H14N2O4/c18-13-12-11(14(19)20)10-1-4-15(12,21-10)8-17(13)7-9-2-5-16-6-3-9/h1-6,10-12H,7-8H2,(H,19,20)/t10-,11+,12+,15+/m0/s1. The molecule has 4 atom stereocenters. The van der Waals surface area contributed by atoms with Gasteiger partial charge in [-0.15, -0.1) is 0 Å². The van der Waals surface area contributed by atoms with Crippen molar-refractivity contribution in [2.45, 2.75) is 18.2 Å². The van der Waals surface area contributed by atoms with Crippen LogP contribution in [0.2, 0.25) is 0 Å². The van der Waals surface area contributed by atoms with Crippen molar-refractivity contribution in [3.8, 4) is 0 Å². The van der Waals surface area contributed by atoms with E-state index in [9.17, 15) is 14.7 Å². The van der Waals surface area contributed by atoms with Crippen LogP contribution in [0.5, 0.6) is 0 Å². The Morgan fingerprint density at radius 2 is 2.24 bits per heavy atom. The van der Waals surface area contributed by atoms with Gasteiger partial charge in [0.1, 0.15) is 11.5 Å². The summed E-state index contributed by atoms with van der Waals surface area (Å²) < 4.78 is 5.83. The number of ether oxygens (including phenoxy) is 1. The summed E-state index contributed by atoms with van der Waals surface area (Å²) in [5, 5.41) is 9.38. The maximum absolute atomic E-state index is 12.6. The predicted octanol–water partition coefficient (Wildman–Crippen LogP) is 0.448. The highest BCUT2D eigenvalue weighted by Crippen LogP contribution is 2.52. The monoisotopic (exact) mass is 286 g/mol. The zero-order chi connectivity index (χ0) is 14.6. The van der Waals surface area contributed by atoms with Crippen molar-refractivity contribution >= 4 is 11.9 Å². The molecule has 0 radical (unpaired) electrons. The fourth-order valence-electron chi connectivity index (χ4n) is 3.70. The van der Waals surface area contributed by atoms with Gasteiger partial charge < -0.3 is 14.7 Å². The minimum atomic E-state index is -0.963. The van der Waals surface area contributed by atoms with E-state index >= 15 is 0 Å². The average Bonchev–Trinajstić information content (AvgIpc) is 3.09. The minimum absolute atomic E-state index is 0.133. The number of amides is 1. The minimum Gasteiger partial charge on any atom is -0.481 e. The SMILES string of the molecule is O=C(O)[C@@H]1[C@@H]2C=C[C@]3(CN(Cc4ccncc4)C(=O)[C@@H]13)O2. The molecular weight excluding hydrogens is 272 g/mol. The average molecular weight is 286 g/mol. The first-order valence-corrected chi connectivity index (χ1v) is 6.88. The Bertz CT molecular complexity index is 644. The van der Waals surface area contributed by atoms with E-state index < -0.39 is 29.5 Å². The maximum Gasteiger partial charge on any atom is 0.310 e. The Morgan fingerprint density at radius 3 is 2.95 bits per heavy atom. The van der Waals surface area contributed by atoms with Crippen molar-refractivity contribution < 1.29 is 19.4 Å². The van der Waals surface area contributed by atoms with Crippen molar-refractivity contribution in [1.29, 1.82) is 0 Å². The fraction of sp³-hybridized carbons (Fsp3) is 0.400. The first kappa shape index (κ1) is 12.5. The molecule has 2 fully saturated rings. The molecule has 108 valence electrons. The summed E-state index contributed by atoms with van der Waals surface area (Å²) in [6.07, 6.45) is 6.53. The highest BCUT2D eigenvalue weighted by Gasteiger charge is 2.66. The van der Waals surface area contributed by atoms with Gasteiger partial charge in [-0.25, -0.2) is 0 Å². The number of carbonyl (C=O) groups excluding carboxylic acids is 1.